The highest BCUT2D eigenvalue weighted by molar-refractivity contribution is 7.88. The van der Waals surface area contributed by atoms with Crippen molar-refractivity contribution < 1.29 is 51.0 Å². The molecule has 5 rings (SSSR count). The summed E-state index contributed by atoms with van der Waals surface area (Å²) in [5, 5.41) is 23.3. The molecule has 0 unspecified atom stereocenters. The van der Waals surface area contributed by atoms with E-state index in [1.807, 2.05) is 63.2 Å². The van der Waals surface area contributed by atoms with Gasteiger partial charge in [-0.2, -0.15) is 0 Å². The molecule has 0 bridgehead atoms. The molecule has 296 valence electrons. The van der Waals surface area contributed by atoms with Gasteiger partial charge in [-0.15, -0.1) is 0 Å². The number of aromatic nitrogens is 1. The van der Waals surface area contributed by atoms with E-state index in [1.54, 1.807) is 18.2 Å². The lowest BCUT2D eigenvalue weighted by Gasteiger charge is -2.19. The van der Waals surface area contributed by atoms with E-state index < -0.39 is 58.1 Å². The first-order valence-corrected chi connectivity index (χ1v) is 18.8. The number of carbonyl (C=O) groups is 4. The number of carboxylic acid groups (broad SMARTS) is 2. The third kappa shape index (κ3) is 10.5. The number of halogens is 1. The molecule has 0 aliphatic rings. The minimum absolute atomic E-state index is 0.0411. The van der Waals surface area contributed by atoms with Crippen molar-refractivity contribution in [3.05, 3.63) is 130 Å². The van der Waals surface area contributed by atoms with Crippen LogP contribution in [0.15, 0.2) is 98.9 Å². The second-order valence-electron chi connectivity index (χ2n) is 13.2. The molecule has 0 aliphatic carbocycles. The van der Waals surface area contributed by atoms with Crippen LogP contribution < -0.4 is 10.6 Å². The van der Waals surface area contributed by atoms with E-state index in [-0.39, 0.29) is 40.0 Å². The van der Waals surface area contributed by atoms with Gasteiger partial charge < -0.3 is 29.7 Å². The van der Waals surface area contributed by atoms with Crippen LogP contribution in [0.5, 0.6) is 0 Å². The minimum Gasteiger partial charge on any atom is -0.481 e. The number of nitrogens with zero attached hydrogens (tertiary/aromatic N) is 2. The number of amides is 2. The van der Waals surface area contributed by atoms with Crippen molar-refractivity contribution in [2.24, 2.45) is 0 Å². The van der Waals surface area contributed by atoms with Crippen molar-refractivity contribution >= 4 is 33.8 Å². The van der Waals surface area contributed by atoms with Gasteiger partial charge in [-0.25, -0.2) is 22.1 Å². The maximum absolute atomic E-state index is 14.2. The molecule has 2 atom stereocenters. The summed E-state index contributed by atoms with van der Waals surface area (Å²) in [6.07, 6.45) is -0.774. The van der Waals surface area contributed by atoms with Crippen LogP contribution in [0.3, 0.4) is 0 Å². The smallest absolute Gasteiger partial charge is 0.305 e. The molecule has 2 amide bonds. The van der Waals surface area contributed by atoms with Gasteiger partial charge in [-0.1, -0.05) is 74.5 Å². The molecule has 0 aliphatic heterocycles. The quantitative estimate of drug-likeness (QED) is 0.0937. The molecule has 0 saturated carbocycles. The molecule has 4 N–H and O–H groups in total. The standard InChI is InChI=1S/C22H21FN2O4.C18H22N2O6S/c1-13(2)20-19(25-22(29-20)14-8-4-3-5-9-14)21(28)24-17(12-18(26)27)15-10-6-7-11-16(15)23;1-11-7-5-6-8-13(11)15(10-16(21)22)19-18(23)14-9-17(26-12(14)2)27(24,25)20(3)4/h3-11,13,17H,12H2,1-2H3,(H,24,28)(H,26,27);5-9,15H,10H2,1-4H3,(H,19,23)(H,21,22)/t17-;15-/m00/s1. The maximum Gasteiger partial charge on any atom is 0.305 e. The van der Waals surface area contributed by atoms with Crippen molar-refractivity contribution in [1.29, 1.82) is 0 Å². The predicted molar refractivity (Wildman–Crippen MR) is 203 cm³/mol. The third-order valence-corrected chi connectivity index (χ3v) is 10.2. The molecule has 16 heteroatoms. The van der Waals surface area contributed by atoms with Crippen LogP contribution in [-0.4, -0.2) is 65.8 Å². The first-order valence-electron chi connectivity index (χ1n) is 17.3. The summed E-state index contributed by atoms with van der Waals surface area (Å²) >= 11 is 0. The first-order chi connectivity index (χ1) is 26.4. The number of hydrogen-bond acceptors (Lipinski definition) is 9. The van der Waals surface area contributed by atoms with E-state index in [1.165, 1.54) is 39.2 Å². The lowest BCUT2D eigenvalue weighted by molar-refractivity contribution is -0.138. The molecule has 2 aromatic heterocycles. The average Bonchev–Trinajstić information content (AvgIpc) is 3.77. The Balaban J connectivity index is 0.000000249. The van der Waals surface area contributed by atoms with E-state index in [0.29, 0.717) is 22.8 Å². The van der Waals surface area contributed by atoms with Crippen molar-refractivity contribution in [3.63, 3.8) is 0 Å². The number of hydrogen-bond donors (Lipinski definition) is 4. The zero-order chi connectivity index (χ0) is 41.3. The summed E-state index contributed by atoms with van der Waals surface area (Å²) in [5.41, 5.74) is 2.43. The fourth-order valence-electron chi connectivity index (χ4n) is 5.60. The summed E-state index contributed by atoms with van der Waals surface area (Å²) in [6, 6.07) is 21.4. The lowest BCUT2D eigenvalue weighted by atomic mass is 9.98. The van der Waals surface area contributed by atoms with Crippen molar-refractivity contribution in [1.82, 2.24) is 19.9 Å². The lowest BCUT2D eigenvalue weighted by Crippen LogP contribution is -2.31. The van der Waals surface area contributed by atoms with Crippen LogP contribution in [0, 0.1) is 19.7 Å². The molecule has 3 aromatic carbocycles. The fraction of sp³-hybridized carbons (Fsp3) is 0.275. The number of carbonyl (C=O) groups excluding carboxylic acids is 2. The molecule has 0 spiro atoms. The number of rotatable bonds is 14. The van der Waals surface area contributed by atoms with Gasteiger partial charge in [0, 0.05) is 37.2 Å². The van der Waals surface area contributed by atoms with Gasteiger partial charge in [-0.05, 0) is 43.2 Å². The number of carboxylic acids is 2. The zero-order valence-corrected chi connectivity index (χ0v) is 32.4. The van der Waals surface area contributed by atoms with Crippen LogP contribution >= 0.6 is 0 Å². The molecule has 56 heavy (non-hydrogen) atoms. The van der Waals surface area contributed by atoms with Crippen LogP contribution in [0.2, 0.25) is 0 Å². The van der Waals surface area contributed by atoms with Gasteiger partial charge in [0.25, 0.3) is 21.8 Å². The van der Waals surface area contributed by atoms with Gasteiger partial charge in [-0.3, -0.25) is 19.2 Å². The monoisotopic (exact) mass is 790 g/mol. The number of nitrogens with one attached hydrogen (secondary N) is 2. The van der Waals surface area contributed by atoms with Crippen LogP contribution in [0.25, 0.3) is 11.5 Å². The molecule has 2 heterocycles. The van der Waals surface area contributed by atoms with E-state index in [2.05, 4.69) is 15.6 Å². The van der Waals surface area contributed by atoms with Gasteiger partial charge in [0.05, 0.1) is 30.5 Å². The summed E-state index contributed by atoms with van der Waals surface area (Å²) in [7, 11) is -1.12. The maximum atomic E-state index is 14.2. The van der Waals surface area contributed by atoms with Crippen LogP contribution in [0.4, 0.5) is 4.39 Å². The number of aliphatic carboxylic acids is 2. The highest BCUT2D eigenvalue weighted by Gasteiger charge is 2.29. The fourth-order valence-corrected chi connectivity index (χ4v) is 6.46. The van der Waals surface area contributed by atoms with Gasteiger partial charge >= 0.3 is 11.9 Å². The Bertz CT molecular complexity index is 2300. The van der Waals surface area contributed by atoms with Crippen LogP contribution in [0.1, 0.15) is 93.7 Å². The Kier molecular flexibility index (Phi) is 14.1. The summed E-state index contributed by atoms with van der Waals surface area (Å²) < 4.78 is 50.6. The Morgan fingerprint density at radius 3 is 1.88 bits per heavy atom. The highest BCUT2D eigenvalue weighted by atomic mass is 32.2. The number of oxazole rings is 1. The molecule has 0 saturated heterocycles. The van der Waals surface area contributed by atoms with E-state index in [0.717, 1.165) is 15.9 Å². The molecular weight excluding hydrogens is 748 g/mol. The molecular formula is C40H43FN4O10S. The second-order valence-corrected chi connectivity index (χ2v) is 15.3. The number of furan rings is 1. The summed E-state index contributed by atoms with van der Waals surface area (Å²) in [6.45, 7) is 7.01. The Hall–Kier alpha value is -6.13. The van der Waals surface area contributed by atoms with E-state index >= 15 is 0 Å². The molecule has 5 aromatic rings. The molecule has 0 radical (unpaired) electrons. The van der Waals surface area contributed by atoms with Gasteiger partial charge in [0.1, 0.15) is 17.3 Å². The highest BCUT2D eigenvalue weighted by Crippen LogP contribution is 2.29. The Morgan fingerprint density at radius 1 is 0.786 bits per heavy atom. The third-order valence-electron chi connectivity index (χ3n) is 8.50. The number of sulfonamides is 1. The Labute approximate surface area is 323 Å². The van der Waals surface area contributed by atoms with Gasteiger partial charge in [0.15, 0.2) is 5.69 Å². The molecule has 14 nitrogen and oxygen atoms in total. The average molecular weight is 791 g/mol. The normalized spacial score (nSPS) is 12.4. The zero-order valence-electron chi connectivity index (χ0n) is 31.6. The van der Waals surface area contributed by atoms with Gasteiger partial charge in [0.2, 0.25) is 11.0 Å². The van der Waals surface area contributed by atoms with E-state index in [4.69, 9.17) is 8.83 Å². The van der Waals surface area contributed by atoms with Crippen molar-refractivity contribution in [3.8, 4) is 11.5 Å². The largest absolute Gasteiger partial charge is 0.481 e. The van der Waals surface area contributed by atoms with Crippen molar-refractivity contribution in [2.45, 2.75) is 63.6 Å². The summed E-state index contributed by atoms with van der Waals surface area (Å²) in [4.78, 5) is 52.5. The molecule has 0 fully saturated rings. The Morgan fingerprint density at radius 2 is 1.32 bits per heavy atom. The topological polar surface area (TPSA) is 209 Å². The minimum atomic E-state index is -3.83. The van der Waals surface area contributed by atoms with Crippen LogP contribution in [-0.2, 0) is 19.6 Å². The SMILES string of the molecule is CC(C)c1oc(-c2ccccc2)nc1C(=O)N[C@@H](CC(=O)O)c1ccccc1F.Cc1ccccc1[C@H](CC(=O)O)NC(=O)c1cc(S(=O)(=O)N(C)C)oc1C. The second kappa shape index (κ2) is 18.5. The first kappa shape index (κ1) is 42.6. The predicted octanol–water partition coefficient (Wildman–Crippen LogP) is 6.64. The van der Waals surface area contributed by atoms with E-state index in [9.17, 15) is 42.2 Å². The van der Waals surface area contributed by atoms with Crippen molar-refractivity contribution in [2.75, 3.05) is 14.1 Å². The number of benzene rings is 3. The summed E-state index contributed by atoms with van der Waals surface area (Å²) in [5.74, 6) is -3.37. The number of aryl methyl sites for hydroxylation is 2.